The van der Waals surface area contributed by atoms with E-state index in [-0.39, 0.29) is 5.91 Å². The van der Waals surface area contributed by atoms with E-state index in [1.807, 2.05) is 36.5 Å². The van der Waals surface area contributed by atoms with Crippen molar-refractivity contribution in [3.05, 3.63) is 71.4 Å². The Bertz CT molecular complexity index is 973. The van der Waals surface area contributed by atoms with Gasteiger partial charge in [-0.25, -0.2) is 0 Å². The van der Waals surface area contributed by atoms with E-state index < -0.39 is 5.91 Å². The largest absolute Gasteiger partial charge is 0.366 e. The Morgan fingerprint density at radius 1 is 1.11 bits per heavy atom. The van der Waals surface area contributed by atoms with Crippen LogP contribution >= 0.6 is 0 Å². The lowest BCUT2D eigenvalue weighted by Gasteiger charge is -2.07. The molecule has 0 bridgehead atoms. The minimum Gasteiger partial charge on any atom is -0.366 e. The van der Waals surface area contributed by atoms with Crippen molar-refractivity contribution in [2.24, 2.45) is 11.7 Å². The summed E-state index contributed by atoms with van der Waals surface area (Å²) in [6, 6.07) is 15.2. The molecule has 5 nitrogen and oxygen atoms in total. The summed E-state index contributed by atoms with van der Waals surface area (Å²) in [5, 5.41) is 3.95. The van der Waals surface area contributed by atoms with Crippen LogP contribution in [0.15, 0.2) is 54.7 Å². The Kier molecular flexibility index (Phi) is 5.60. The first-order chi connectivity index (χ1) is 13.0. The van der Waals surface area contributed by atoms with E-state index in [4.69, 9.17) is 5.73 Å². The maximum Gasteiger partial charge on any atom is 0.253 e. The van der Waals surface area contributed by atoms with E-state index in [2.05, 4.69) is 23.7 Å². The van der Waals surface area contributed by atoms with Gasteiger partial charge in [-0.2, -0.15) is 0 Å². The zero-order chi connectivity index (χ0) is 19.4. The molecule has 1 aromatic heterocycles. The fraction of sp³-hybridized carbons (Fsp3) is 0.273. The highest BCUT2D eigenvalue weighted by molar-refractivity contribution is 6.07. The maximum atomic E-state index is 12.7. The van der Waals surface area contributed by atoms with Crippen molar-refractivity contribution in [1.82, 2.24) is 9.88 Å². The number of carbonyl (C=O) groups excluding carboxylic acids is 2. The fourth-order valence-electron chi connectivity index (χ4n) is 3.27. The monoisotopic (exact) mass is 363 g/mol. The van der Waals surface area contributed by atoms with Crippen LogP contribution < -0.4 is 11.1 Å². The number of aromatic nitrogens is 1. The zero-order valence-corrected chi connectivity index (χ0v) is 15.7. The van der Waals surface area contributed by atoms with Crippen molar-refractivity contribution >= 4 is 22.7 Å². The third-order valence-corrected chi connectivity index (χ3v) is 4.51. The standard InChI is InChI=1S/C22H25N3O2/c1-15(2)13-25-14-19(18-8-3-4-9-20(18)25)22(27)24-11-10-16-6-5-7-17(12-16)21(23)26/h3-9,12,14-15H,10-11,13H2,1-2H3,(H2,23,26)(H,24,27). The van der Waals surface area contributed by atoms with Crippen LogP contribution in [0.4, 0.5) is 0 Å². The molecular formula is C22H25N3O2. The highest BCUT2D eigenvalue weighted by Gasteiger charge is 2.15. The SMILES string of the molecule is CC(C)Cn1cc(C(=O)NCCc2cccc(C(N)=O)c2)c2ccccc21. The van der Waals surface area contributed by atoms with Crippen molar-refractivity contribution in [2.75, 3.05) is 6.54 Å². The number of nitrogens with two attached hydrogens (primary N) is 1. The molecule has 0 atom stereocenters. The van der Waals surface area contributed by atoms with Crippen LogP contribution in [0.2, 0.25) is 0 Å². The molecule has 0 saturated heterocycles. The van der Waals surface area contributed by atoms with Crippen LogP contribution in [0.25, 0.3) is 10.9 Å². The number of fused-ring (bicyclic) bond motifs is 1. The molecular weight excluding hydrogens is 338 g/mol. The molecule has 140 valence electrons. The summed E-state index contributed by atoms with van der Waals surface area (Å²) >= 11 is 0. The van der Waals surface area contributed by atoms with Gasteiger partial charge in [0.05, 0.1) is 5.56 Å². The lowest BCUT2D eigenvalue weighted by molar-refractivity contribution is 0.0953. The number of amides is 2. The lowest BCUT2D eigenvalue weighted by atomic mass is 10.1. The molecule has 3 N–H and O–H groups in total. The summed E-state index contributed by atoms with van der Waals surface area (Å²) in [5.74, 6) is -0.0344. The van der Waals surface area contributed by atoms with E-state index >= 15 is 0 Å². The average molecular weight is 363 g/mol. The van der Waals surface area contributed by atoms with Gasteiger partial charge < -0.3 is 15.6 Å². The Balaban J connectivity index is 1.71. The molecule has 0 radical (unpaired) electrons. The summed E-state index contributed by atoms with van der Waals surface area (Å²) in [5.41, 5.74) is 8.53. The number of benzene rings is 2. The Hall–Kier alpha value is -3.08. The first kappa shape index (κ1) is 18.7. The third kappa shape index (κ3) is 4.37. The molecule has 0 aliphatic heterocycles. The van der Waals surface area contributed by atoms with E-state index in [0.717, 1.165) is 23.0 Å². The molecule has 0 unspecified atom stereocenters. The lowest BCUT2D eigenvalue weighted by Crippen LogP contribution is -2.25. The summed E-state index contributed by atoms with van der Waals surface area (Å²) in [6.07, 6.45) is 2.57. The molecule has 3 rings (SSSR count). The van der Waals surface area contributed by atoms with Gasteiger partial charge in [0.2, 0.25) is 5.91 Å². The maximum absolute atomic E-state index is 12.7. The average Bonchev–Trinajstić information content (AvgIpc) is 3.00. The van der Waals surface area contributed by atoms with Crippen LogP contribution in [0.5, 0.6) is 0 Å². The Morgan fingerprint density at radius 2 is 1.89 bits per heavy atom. The second-order valence-corrected chi connectivity index (χ2v) is 7.18. The molecule has 0 saturated carbocycles. The van der Waals surface area contributed by atoms with E-state index in [1.165, 1.54) is 0 Å². The first-order valence-corrected chi connectivity index (χ1v) is 9.20. The molecule has 2 aromatic carbocycles. The van der Waals surface area contributed by atoms with Crippen molar-refractivity contribution in [1.29, 1.82) is 0 Å². The number of para-hydroxylation sites is 1. The molecule has 27 heavy (non-hydrogen) atoms. The van der Waals surface area contributed by atoms with Crippen molar-refractivity contribution in [3.8, 4) is 0 Å². The van der Waals surface area contributed by atoms with Gasteiger partial charge in [0.15, 0.2) is 0 Å². The first-order valence-electron chi connectivity index (χ1n) is 9.20. The van der Waals surface area contributed by atoms with Crippen LogP contribution in [-0.2, 0) is 13.0 Å². The van der Waals surface area contributed by atoms with Gasteiger partial charge in [-0.05, 0) is 36.1 Å². The van der Waals surface area contributed by atoms with E-state index in [9.17, 15) is 9.59 Å². The van der Waals surface area contributed by atoms with Crippen molar-refractivity contribution < 1.29 is 9.59 Å². The molecule has 1 heterocycles. The van der Waals surface area contributed by atoms with Crippen LogP contribution in [0.1, 0.15) is 40.1 Å². The Labute approximate surface area is 159 Å². The summed E-state index contributed by atoms with van der Waals surface area (Å²) in [4.78, 5) is 24.0. The van der Waals surface area contributed by atoms with Gasteiger partial charge in [-0.3, -0.25) is 9.59 Å². The number of carbonyl (C=O) groups is 2. The van der Waals surface area contributed by atoms with E-state index in [1.54, 1.807) is 18.2 Å². The zero-order valence-electron chi connectivity index (χ0n) is 15.7. The summed E-state index contributed by atoms with van der Waals surface area (Å²) in [6.45, 7) is 5.68. The van der Waals surface area contributed by atoms with Crippen molar-refractivity contribution in [2.45, 2.75) is 26.8 Å². The number of nitrogens with one attached hydrogen (secondary N) is 1. The highest BCUT2D eigenvalue weighted by Crippen LogP contribution is 2.22. The number of hydrogen-bond acceptors (Lipinski definition) is 2. The fourth-order valence-corrected chi connectivity index (χ4v) is 3.27. The highest BCUT2D eigenvalue weighted by atomic mass is 16.2. The van der Waals surface area contributed by atoms with Gasteiger partial charge in [0, 0.05) is 35.8 Å². The molecule has 3 aromatic rings. The molecule has 0 aliphatic rings. The number of nitrogens with zero attached hydrogens (tertiary/aromatic N) is 1. The second-order valence-electron chi connectivity index (χ2n) is 7.18. The molecule has 5 heteroatoms. The van der Waals surface area contributed by atoms with Crippen molar-refractivity contribution in [3.63, 3.8) is 0 Å². The molecule has 0 fully saturated rings. The van der Waals surface area contributed by atoms with Crippen LogP contribution in [0.3, 0.4) is 0 Å². The minimum atomic E-state index is -0.446. The van der Waals surface area contributed by atoms with E-state index in [0.29, 0.717) is 30.0 Å². The quantitative estimate of drug-likeness (QED) is 0.675. The van der Waals surface area contributed by atoms with Crippen LogP contribution in [-0.4, -0.2) is 22.9 Å². The molecule has 0 spiro atoms. The Morgan fingerprint density at radius 3 is 2.63 bits per heavy atom. The predicted molar refractivity (Wildman–Crippen MR) is 108 cm³/mol. The van der Waals surface area contributed by atoms with Gasteiger partial charge in [0.25, 0.3) is 5.91 Å². The number of rotatable bonds is 7. The number of hydrogen-bond donors (Lipinski definition) is 2. The minimum absolute atomic E-state index is 0.0836. The predicted octanol–water partition coefficient (Wildman–Crippen LogP) is 3.37. The van der Waals surface area contributed by atoms with Gasteiger partial charge in [0.1, 0.15) is 0 Å². The van der Waals surface area contributed by atoms with Gasteiger partial charge >= 0.3 is 0 Å². The normalized spacial score (nSPS) is 11.1. The van der Waals surface area contributed by atoms with Gasteiger partial charge in [-0.15, -0.1) is 0 Å². The van der Waals surface area contributed by atoms with Gasteiger partial charge in [-0.1, -0.05) is 44.2 Å². The summed E-state index contributed by atoms with van der Waals surface area (Å²) in [7, 11) is 0. The molecule has 2 amide bonds. The topological polar surface area (TPSA) is 77.1 Å². The number of primary amides is 1. The van der Waals surface area contributed by atoms with Crippen LogP contribution in [0, 0.1) is 5.92 Å². The molecule has 0 aliphatic carbocycles. The smallest absolute Gasteiger partial charge is 0.253 e. The third-order valence-electron chi connectivity index (χ3n) is 4.51. The summed E-state index contributed by atoms with van der Waals surface area (Å²) < 4.78 is 2.14. The second kappa shape index (κ2) is 8.08.